The molecule has 0 radical (unpaired) electrons. The van der Waals surface area contributed by atoms with Crippen molar-refractivity contribution in [3.63, 3.8) is 0 Å². The summed E-state index contributed by atoms with van der Waals surface area (Å²) in [7, 11) is 0. The van der Waals surface area contributed by atoms with E-state index in [0.29, 0.717) is 12.6 Å². The Morgan fingerprint density at radius 1 is 1.00 bits per heavy atom. The number of aldehydes is 2. The van der Waals surface area contributed by atoms with Gasteiger partial charge in [0.2, 0.25) is 0 Å². The van der Waals surface area contributed by atoms with E-state index < -0.39 is 0 Å². The van der Waals surface area contributed by atoms with Gasteiger partial charge in [-0.15, -0.1) is 0 Å². The molecule has 0 aliphatic heterocycles. The molecule has 0 aromatic carbocycles. The average molecular weight is 242 g/mol. The fourth-order valence-electron chi connectivity index (χ4n) is 0.113. The fraction of sp³-hybridized carbons (Fsp3) is 0. The Labute approximate surface area is 63.2 Å². The third kappa shape index (κ3) is 2.37. The first-order valence-corrected chi connectivity index (χ1v) is 3.26. The largest absolute Gasteiger partial charge is 0.297 e. The first-order valence-electron chi connectivity index (χ1n) is 1.68. The van der Waals surface area contributed by atoms with Crippen LogP contribution in [0.5, 0.6) is 0 Å². The van der Waals surface area contributed by atoms with Crippen molar-refractivity contribution in [2.24, 2.45) is 0 Å². The highest BCUT2D eigenvalue weighted by Crippen LogP contribution is 2.12. The predicted octanol–water partition coefficient (Wildman–Crippen LogP) is 1.39. The molecule has 0 bridgehead atoms. The molecule has 0 aromatic heterocycles. The second-order valence-electron chi connectivity index (χ2n) is 0.932. The molecule has 0 spiro atoms. The van der Waals surface area contributed by atoms with E-state index in [9.17, 15) is 9.59 Å². The molecule has 0 N–H and O–H groups in total. The molecule has 0 aliphatic rings. The molecule has 8 heavy (non-hydrogen) atoms. The molecule has 0 amide bonds. The summed E-state index contributed by atoms with van der Waals surface area (Å²) in [4.78, 5) is 19.6. The zero-order valence-corrected chi connectivity index (χ0v) is 6.90. The summed E-state index contributed by atoms with van der Waals surface area (Å²) in [6.45, 7) is 0. The van der Waals surface area contributed by atoms with Crippen LogP contribution in [0.3, 0.4) is 0 Å². The molecule has 0 unspecified atom stereocenters. The second-order valence-corrected chi connectivity index (χ2v) is 2.64. The van der Waals surface area contributed by atoms with Gasteiger partial charge in [-0.25, -0.2) is 0 Å². The van der Waals surface area contributed by atoms with Crippen LogP contribution in [0.1, 0.15) is 0 Å². The van der Waals surface area contributed by atoms with Crippen LogP contribution in [-0.4, -0.2) is 12.6 Å². The number of carbonyl (C=O) groups excluding carboxylic acids is 2. The number of allylic oxidation sites excluding steroid dienone is 2. The number of rotatable bonds is 2. The molecule has 0 saturated heterocycles. The van der Waals surface area contributed by atoms with Gasteiger partial charge in [-0.05, 0) is 31.9 Å². The van der Waals surface area contributed by atoms with Gasteiger partial charge in [0.15, 0.2) is 12.6 Å². The van der Waals surface area contributed by atoms with Crippen molar-refractivity contribution in [1.82, 2.24) is 0 Å². The molecule has 0 fully saturated rings. The van der Waals surface area contributed by atoms with E-state index in [0.717, 1.165) is 0 Å². The molecule has 0 saturated carbocycles. The van der Waals surface area contributed by atoms with Gasteiger partial charge in [-0.1, -0.05) is 0 Å². The molecule has 44 valence electrons. The van der Waals surface area contributed by atoms with E-state index in [1.807, 2.05) is 0 Å². The van der Waals surface area contributed by atoms with Gasteiger partial charge in [0.05, 0.1) is 8.96 Å². The smallest absolute Gasteiger partial charge is 0.158 e. The number of hydrogen-bond acceptors (Lipinski definition) is 2. The first-order chi connectivity index (χ1) is 3.72. The normalized spacial score (nSPS) is 12.2. The average Bonchev–Trinajstić information content (AvgIpc) is 1.84. The third-order valence-corrected chi connectivity index (χ3v) is 2.20. The highest BCUT2D eigenvalue weighted by atomic mass is 79.9. The Morgan fingerprint density at radius 3 is 1.38 bits per heavy atom. The van der Waals surface area contributed by atoms with Crippen LogP contribution < -0.4 is 0 Å². The Hall–Kier alpha value is 0.0400. The highest BCUT2D eigenvalue weighted by Gasteiger charge is 1.94. The fourth-order valence-corrected chi connectivity index (χ4v) is 0.299. The number of halogens is 2. The lowest BCUT2D eigenvalue weighted by molar-refractivity contribution is -0.106. The van der Waals surface area contributed by atoms with E-state index in [1.165, 1.54) is 0 Å². The summed E-state index contributed by atoms with van der Waals surface area (Å²) in [5.74, 6) is 0. The highest BCUT2D eigenvalue weighted by molar-refractivity contribution is 9.14. The molecular formula is C4H2Br2O2. The van der Waals surface area contributed by atoms with Crippen LogP contribution in [0.25, 0.3) is 0 Å². The van der Waals surface area contributed by atoms with E-state index in [4.69, 9.17) is 0 Å². The quantitative estimate of drug-likeness (QED) is 0.541. The molecule has 0 rings (SSSR count). The van der Waals surface area contributed by atoms with Gasteiger partial charge in [0, 0.05) is 0 Å². The summed E-state index contributed by atoms with van der Waals surface area (Å²) in [5.41, 5.74) is 0. The number of carbonyl (C=O) groups is 2. The van der Waals surface area contributed by atoms with Crippen molar-refractivity contribution in [3.05, 3.63) is 8.96 Å². The monoisotopic (exact) mass is 240 g/mol. The zero-order chi connectivity index (χ0) is 6.57. The Kier molecular flexibility index (Phi) is 3.99. The van der Waals surface area contributed by atoms with E-state index in [2.05, 4.69) is 31.9 Å². The summed E-state index contributed by atoms with van der Waals surface area (Å²) >= 11 is 5.67. The van der Waals surface area contributed by atoms with Gasteiger partial charge < -0.3 is 0 Å². The predicted molar refractivity (Wildman–Crippen MR) is 37.0 cm³/mol. The maximum Gasteiger partial charge on any atom is 0.158 e. The Morgan fingerprint density at radius 2 is 1.25 bits per heavy atom. The summed E-state index contributed by atoms with van der Waals surface area (Å²) in [5, 5.41) is 0. The lowest BCUT2D eigenvalue weighted by Gasteiger charge is -1.81. The molecule has 0 heterocycles. The van der Waals surface area contributed by atoms with Crippen molar-refractivity contribution in [1.29, 1.82) is 0 Å². The molecule has 4 heteroatoms. The zero-order valence-electron chi connectivity index (χ0n) is 3.73. The van der Waals surface area contributed by atoms with E-state index in [1.54, 1.807) is 0 Å². The van der Waals surface area contributed by atoms with Crippen molar-refractivity contribution in [2.75, 3.05) is 0 Å². The van der Waals surface area contributed by atoms with Crippen LogP contribution in [0, 0.1) is 0 Å². The maximum atomic E-state index is 9.81. The SMILES string of the molecule is O=C/C(Br)=C(/Br)C=O. The van der Waals surface area contributed by atoms with Crippen LogP contribution in [0.15, 0.2) is 8.96 Å². The van der Waals surface area contributed by atoms with Gasteiger partial charge in [0.1, 0.15) is 0 Å². The lowest BCUT2D eigenvalue weighted by Crippen LogP contribution is -1.77. The van der Waals surface area contributed by atoms with Gasteiger partial charge in [-0.2, -0.15) is 0 Å². The van der Waals surface area contributed by atoms with Crippen LogP contribution >= 0.6 is 31.9 Å². The van der Waals surface area contributed by atoms with E-state index >= 15 is 0 Å². The van der Waals surface area contributed by atoms with Crippen molar-refractivity contribution < 1.29 is 9.59 Å². The summed E-state index contributed by atoms with van der Waals surface area (Å²) in [6.07, 6.45) is 1.08. The van der Waals surface area contributed by atoms with Gasteiger partial charge in [0.25, 0.3) is 0 Å². The molecule has 2 nitrogen and oxygen atoms in total. The topological polar surface area (TPSA) is 34.1 Å². The standard InChI is InChI=1S/C4H2Br2O2/c5-3(1-7)4(6)2-8/h1-2H/b4-3-. The van der Waals surface area contributed by atoms with E-state index in [-0.39, 0.29) is 8.96 Å². The van der Waals surface area contributed by atoms with Crippen molar-refractivity contribution in [2.45, 2.75) is 0 Å². The molecule has 0 aliphatic carbocycles. The second kappa shape index (κ2) is 3.97. The maximum absolute atomic E-state index is 9.81. The summed E-state index contributed by atoms with van der Waals surface area (Å²) in [6, 6.07) is 0. The van der Waals surface area contributed by atoms with Crippen LogP contribution in [0.2, 0.25) is 0 Å². The third-order valence-electron chi connectivity index (χ3n) is 0.435. The minimum absolute atomic E-state index is 0.229. The van der Waals surface area contributed by atoms with Gasteiger partial charge >= 0.3 is 0 Å². The number of hydrogen-bond donors (Lipinski definition) is 0. The minimum atomic E-state index is 0.229. The molecule has 0 aromatic rings. The Bertz CT molecular complexity index is 123. The molecule has 0 atom stereocenters. The van der Waals surface area contributed by atoms with Crippen molar-refractivity contribution >= 4 is 44.4 Å². The molecular weight excluding hydrogens is 240 g/mol. The van der Waals surface area contributed by atoms with Crippen molar-refractivity contribution in [3.8, 4) is 0 Å². The van der Waals surface area contributed by atoms with Crippen LogP contribution in [-0.2, 0) is 9.59 Å². The van der Waals surface area contributed by atoms with Crippen LogP contribution in [0.4, 0.5) is 0 Å². The first kappa shape index (κ1) is 8.04. The Balaban J connectivity index is 4.25. The lowest BCUT2D eigenvalue weighted by atomic mass is 10.6. The minimum Gasteiger partial charge on any atom is -0.297 e. The summed E-state index contributed by atoms with van der Waals surface area (Å²) < 4.78 is 0.458. The van der Waals surface area contributed by atoms with Gasteiger partial charge in [-0.3, -0.25) is 9.59 Å².